The molecule has 0 bridgehead atoms. The highest BCUT2D eigenvalue weighted by Crippen LogP contribution is 2.14. The van der Waals surface area contributed by atoms with E-state index in [1.54, 1.807) is 7.11 Å². The number of carbonyl (C=O) groups excluding carboxylic acids is 3. The van der Waals surface area contributed by atoms with E-state index in [-0.39, 0.29) is 29.9 Å². The molecule has 224 valence electrons. The van der Waals surface area contributed by atoms with Crippen molar-refractivity contribution in [2.24, 2.45) is 5.92 Å². The summed E-state index contributed by atoms with van der Waals surface area (Å²) in [4.78, 5) is 37.2. The average Bonchev–Trinajstić information content (AvgIpc) is 2.90. The van der Waals surface area contributed by atoms with E-state index in [4.69, 9.17) is 9.47 Å². The van der Waals surface area contributed by atoms with Crippen molar-refractivity contribution in [3.63, 3.8) is 0 Å². The van der Waals surface area contributed by atoms with Gasteiger partial charge in [0, 0.05) is 32.4 Å². The number of ether oxygens (including phenoxy) is 2. The first-order valence-corrected chi connectivity index (χ1v) is 15.6. The second kappa shape index (κ2) is 27.1. The van der Waals surface area contributed by atoms with Gasteiger partial charge in [-0.1, -0.05) is 111 Å². The topological polar surface area (TPSA) is 93.7 Å². The highest BCUT2D eigenvalue weighted by molar-refractivity contribution is 5.88. The molecule has 0 fully saturated rings. The predicted molar refractivity (Wildman–Crippen MR) is 156 cm³/mol. The van der Waals surface area contributed by atoms with Crippen molar-refractivity contribution in [1.29, 1.82) is 0 Å². The van der Waals surface area contributed by atoms with Gasteiger partial charge in [-0.05, 0) is 12.8 Å². The van der Waals surface area contributed by atoms with Crippen molar-refractivity contribution in [3.05, 3.63) is 0 Å². The molecule has 0 heterocycles. The highest BCUT2D eigenvalue weighted by Gasteiger charge is 2.22. The Kier molecular flexibility index (Phi) is 26.1. The number of amides is 2. The van der Waals surface area contributed by atoms with Crippen LogP contribution in [0.25, 0.3) is 0 Å². The number of carbonyl (C=O) groups is 3. The molecule has 0 aliphatic rings. The second-order valence-corrected chi connectivity index (χ2v) is 10.9. The van der Waals surface area contributed by atoms with Crippen LogP contribution in [0.5, 0.6) is 0 Å². The molecule has 38 heavy (non-hydrogen) atoms. The van der Waals surface area contributed by atoms with Gasteiger partial charge in [-0.25, -0.2) is 0 Å². The number of rotatable bonds is 28. The minimum atomic E-state index is -0.694. The van der Waals surface area contributed by atoms with Crippen LogP contribution in [0.1, 0.15) is 136 Å². The Morgan fingerprint density at radius 1 is 0.684 bits per heavy atom. The van der Waals surface area contributed by atoms with Gasteiger partial charge in [0.15, 0.2) is 0 Å². The summed E-state index contributed by atoms with van der Waals surface area (Å²) in [5.74, 6) is -0.360. The monoisotopic (exact) mass is 540 g/mol. The molecule has 0 aromatic carbocycles. The Labute approximate surface area is 233 Å². The molecule has 0 saturated heterocycles. The van der Waals surface area contributed by atoms with E-state index in [9.17, 15) is 14.4 Å². The van der Waals surface area contributed by atoms with Crippen LogP contribution in [0, 0.1) is 5.92 Å². The molecule has 0 aliphatic carbocycles. The quantitative estimate of drug-likeness (QED) is 0.110. The van der Waals surface area contributed by atoms with E-state index in [0.717, 1.165) is 19.3 Å². The summed E-state index contributed by atoms with van der Waals surface area (Å²) in [7, 11) is 1.61. The minimum absolute atomic E-state index is 0.0797. The van der Waals surface area contributed by atoms with Gasteiger partial charge in [0.2, 0.25) is 11.8 Å². The molecule has 7 nitrogen and oxygen atoms in total. The van der Waals surface area contributed by atoms with Crippen molar-refractivity contribution in [2.45, 2.75) is 142 Å². The summed E-state index contributed by atoms with van der Waals surface area (Å²) in [5, 5.41) is 5.67. The van der Waals surface area contributed by atoms with Crippen LogP contribution in [0.15, 0.2) is 0 Å². The summed E-state index contributed by atoms with van der Waals surface area (Å²) in [6, 6.07) is -0.694. The third kappa shape index (κ3) is 23.6. The second-order valence-electron chi connectivity index (χ2n) is 10.9. The van der Waals surface area contributed by atoms with Crippen molar-refractivity contribution in [1.82, 2.24) is 10.6 Å². The molecular formula is C31H60N2O5. The van der Waals surface area contributed by atoms with E-state index in [0.29, 0.717) is 39.2 Å². The van der Waals surface area contributed by atoms with E-state index in [1.807, 2.05) is 13.8 Å². The summed E-state index contributed by atoms with van der Waals surface area (Å²) in [5.41, 5.74) is 0. The van der Waals surface area contributed by atoms with Crippen LogP contribution in [0.4, 0.5) is 0 Å². The fraction of sp³-hybridized carbons (Fsp3) is 0.903. The Balaban J connectivity index is 4.00. The van der Waals surface area contributed by atoms with E-state index in [2.05, 4.69) is 17.6 Å². The van der Waals surface area contributed by atoms with Crippen molar-refractivity contribution >= 4 is 17.6 Å². The Morgan fingerprint density at radius 3 is 1.71 bits per heavy atom. The van der Waals surface area contributed by atoms with Crippen molar-refractivity contribution in [2.75, 3.05) is 33.5 Å². The van der Waals surface area contributed by atoms with E-state index in [1.165, 1.54) is 77.0 Å². The van der Waals surface area contributed by atoms with Gasteiger partial charge in [-0.3, -0.25) is 14.4 Å². The minimum Gasteiger partial charge on any atom is -0.382 e. The molecule has 2 amide bonds. The lowest BCUT2D eigenvalue weighted by Gasteiger charge is -2.19. The molecule has 0 aliphatic heterocycles. The number of unbranched alkanes of at least 4 members (excludes halogenated alkanes) is 14. The smallest absolute Gasteiger partial charge is 0.242 e. The largest absolute Gasteiger partial charge is 0.382 e. The van der Waals surface area contributed by atoms with Crippen molar-refractivity contribution < 1.29 is 23.9 Å². The van der Waals surface area contributed by atoms with Gasteiger partial charge >= 0.3 is 0 Å². The van der Waals surface area contributed by atoms with Gasteiger partial charge in [0.1, 0.15) is 11.8 Å². The SMILES string of the molecule is CCCCCCCCCCCCCCCCCC(=O)N[C@@H](CCC(=O)C(C)C)C(=O)NCCOCCOC. The molecule has 0 radical (unpaired) electrons. The number of hydrogen-bond donors (Lipinski definition) is 2. The molecule has 0 rings (SSSR count). The van der Waals surface area contributed by atoms with Crippen LogP contribution < -0.4 is 10.6 Å². The van der Waals surface area contributed by atoms with Crippen LogP contribution >= 0.6 is 0 Å². The van der Waals surface area contributed by atoms with Crippen LogP contribution in [0.2, 0.25) is 0 Å². The maximum atomic E-state index is 12.6. The number of ketones is 1. The van der Waals surface area contributed by atoms with E-state index < -0.39 is 6.04 Å². The summed E-state index contributed by atoms with van der Waals surface area (Å²) < 4.78 is 10.3. The maximum Gasteiger partial charge on any atom is 0.242 e. The molecular weight excluding hydrogens is 480 g/mol. The molecule has 7 heteroatoms. The van der Waals surface area contributed by atoms with Gasteiger partial charge in [0.25, 0.3) is 0 Å². The Hall–Kier alpha value is -1.47. The molecule has 0 spiro atoms. The first-order chi connectivity index (χ1) is 18.4. The lowest BCUT2D eigenvalue weighted by atomic mass is 10.0. The van der Waals surface area contributed by atoms with E-state index >= 15 is 0 Å². The van der Waals surface area contributed by atoms with Gasteiger partial charge in [-0.2, -0.15) is 0 Å². The fourth-order valence-corrected chi connectivity index (χ4v) is 4.38. The lowest BCUT2D eigenvalue weighted by molar-refractivity contribution is -0.130. The van der Waals surface area contributed by atoms with Gasteiger partial charge < -0.3 is 20.1 Å². The zero-order chi connectivity index (χ0) is 28.3. The molecule has 0 aromatic rings. The van der Waals surface area contributed by atoms with Crippen LogP contribution in [0.3, 0.4) is 0 Å². The molecule has 0 unspecified atom stereocenters. The third-order valence-corrected chi connectivity index (χ3v) is 6.96. The fourth-order valence-electron chi connectivity index (χ4n) is 4.38. The lowest BCUT2D eigenvalue weighted by Crippen LogP contribution is -2.47. The predicted octanol–water partition coefficient (Wildman–Crippen LogP) is 6.52. The number of Topliss-reactive ketones (excluding diaryl/α,β-unsaturated/α-hetero) is 1. The first kappa shape index (κ1) is 36.5. The summed E-state index contributed by atoms with van der Waals surface area (Å²) in [6.45, 7) is 7.67. The van der Waals surface area contributed by atoms with Crippen LogP contribution in [-0.2, 0) is 23.9 Å². The highest BCUT2D eigenvalue weighted by atomic mass is 16.5. The number of nitrogens with one attached hydrogen (secondary N) is 2. The Morgan fingerprint density at radius 2 is 1.21 bits per heavy atom. The number of methoxy groups -OCH3 is 1. The first-order valence-electron chi connectivity index (χ1n) is 15.6. The molecule has 0 aromatic heterocycles. The summed E-state index contributed by atoms with van der Waals surface area (Å²) >= 11 is 0. The number of hydrogen-bond acceptors (Lipinski definition) is 5. The van der Waals surface area contributed by atoms with Gasteiger partial charge in [-0.15, -0.1) is 0 Å². The standard InChI is InChI=1S/C31H60N2O5/c1-5-6-7-8-9-10-11-12-13-14-15-16-17-18-19-20-30(35)33-28(21-22-29(34)27(2)3)31(36)32-23-24-38-26-25-37-4/h27-28H,5-26H2,1-4H3,(H,32,36)(H,33,35)/t28-/m0/s1. The normalized spacial score (nSPS) is 12.0. The van der Waals surface area contributed by atoms with Crippen LogP contribution in [-0.4, -0.2) is 57.1 Å². The Bertz CT molecular complexity index is 583. The average molecular weight is 541 g/mol. The van der Waals surface area contributed by atoms with Crippen molar-refractivity contribution in [3.8, 4) is 0 Å². The zero-order valence-electron chi connectivity index (χ0n) is 25.3. The summed E-state index contributed by atoms with van der Waals surface area (Å²) in [6.07, 6.45) is 20.3. The molecule has 0 saturated carbocycles. The molecule has 1 atom stereocenters. The van der Waals surface area contributed by atoms with Gasteiger partial charge in [0.05, 0.1) is 19.8 Å². The molecule has 2 N–H and O–H groups in total. The third-order valence-electron chi connectivity index (χ3n) is 6.96. The maximum absolute atomic E-state index is 12.6. The zero-order valence-corrected chi connectivity index (χ0v) is 25.3.